The van der Waals surface area contributed by atoms with Gasteiger partial charge in [0.05, 0.1) is 4.90 Å². The number of piperazine rings is 1. The van der Waals surface area contributed by atoms with Crippen molar-refractivity contribution >= 4 is 21.6 Å². The van der Waals surface area contributed by atoms with Gasteiger partial charge in [-0.1, -0.05) is 12.1 Å². The van der Waals surface area contributed by atoms with Crippen LogP contribution >= 0.6 is 0 Å². The third-order valence-corrected chi connectivity index (χ3v) is 7.40. The van der Waals surface area contributed by atoms with E-state index in [9.17, 15) is 13.2 Å². The van der Waals surface area contributed by atoms with Crippen molar-refractivity contribution in [1.29, 1.82) is 0 Å². The third kappa shape index (κ3) is 6.06. The molecule has 2 aromatic rings. The number of rotatable bonds is 8. The predicted octanol–water partition coefficient (Wildman–Crippen LogP) is 2.19. The highest BCUT2D eigenvalue weighted by Gasteiger charge is 2.18. The molecule has 1 N–H and O–H groups in total. The van der Waals surface area contributed by atoms with Gasteiger partial charge in [-0.2, -0.15) is 0 Å². The molecule has 1 fully saturated rings. The Bertz CT molecular complexity index is 982. The van der Waals surface area contributed by atoms with Crippen LogP contribution in [0.15, 0.2) is 53.4 Å². The third-order valence-electron chi connectivity index (χ3n) is 5.57. The number of sulfonamides is 1. The average Bonchev–Trinajstić information content (AvgIpc) is 2.77. The van der Waals surface area contributed by atoms with Gasteiger partial charge < -0.3 is 10.2 Å². The van der Waals surface area contributed by atoms with Gasteiger partial charge in [0.1, 0.15) is 0 Å². The Hall–Kier alpha value is -2.42. The zero-order chi connectivity index (χ0) is 22.4. The molecule has 0 bridgehead atoms. The summed E-state index contributed by atoms with van der Waals surface area (Å²) in [6, 6.07) is 14.7. The van der Waals surface area contributed by atoms with E-state index in [1.54, 1.807) is 12.1 Å². The Balaban J connectivity index is 1.39. The number of carbonyl (C=O) groups is 1. The topological polar surface area (TPSA) is 73.0 Å². The maximum Gasteiger partial charge on any atom is 0.251 e. The number of carbonyl (C=O) groups excluding carboxylic acids is 1. The van der Waals surface area contributed by atoms with Crippen LogP contribution in [0.25, 0.3) is 0 Å². The number of anilines is 1. The molecule has 7 nitrogen and oxygen atoms in total. The van der Waals surface area contributed by atoms with Crippen LogP contribution in [0.4, 0.5) is 5.69 Å². The first kappa shape index (κ1) is 23.2. The van der Waals surface area contributed by atoms with E-state index in [1.165, 1.54) is 37.5 Å². The first-order valence-electron chi connectivity index (χ1n) is 10.6. The molecule has 0 spiro atoms. The summed E-state index contributed by atoms with van der Waals surface area (Å²) in [7, 11) is -0.515. The Kier molecular flexibility index (Phi) is 7.69. The summed E-state index contributed by atoms with van der Waals surface area (Å²) < 4.78 is 25.4. The van der Waals surface area contributed by atoms with E-state index in [-0.39, 0.29) is 10.8 Å². The molecule has 0 unspecified atom stereocenters. The van der Waals surface area contributed by atoms with Crippen molar-refractivity contribution in [2.45, 2.75) is 18.2 Å². The largest absolute Gasteiger partial charge is 0.369 e. The molecule has 3 rings (SSSR count). The van der Waals surface area contributed by atoms with Gasteiger partial charge in [0, 0.05) is 58.1 Å². The van der Waals surface area contributed by atoms with Gasteiger partial charge >= 0.3 is 0 Å². The monoisotopic (exact) mass is 444 g/mol. The zero-order valence-electron chi connectivity index (χ0n) is 18.5. The van der Waals surface area contributed by atoms with Crippen molar-refractivity contribution in [1.82, 2.24) is 14.5 Å². The minimum absolute atomic E-state index is 0.179. The number of hydrogen-bond acceptors (Lipinski definition) is 5. The Morgan fingerprint density at radius 2 is 1.71 bits per heavy atom. The molecule has 1 saturated heterocycles. The fourth-order valence-electron chi connectivity index (χ4n) is 3.65. The van der Waals surface area contributed by atoms with E-state index in [4.69, 9.17) is 0 Å². The Morgan fingerprint density at radius 1 is 1.03 bits per heavy atom. The normalized spacial score (nSPS) is 15.3. The van der Waals surface area contributed by atoms with Crippen molar-refractivity contribution in [3.63, 3.8) is 0 Å². The molecular weight excluding hydrogens is 412 g/mol. The summed E-state index contributed by atoms with van der Waals surface area (Å²) in [5, 5.41) is 2.92. The summed E-state index contributed by atoms with van der Waals surface area (Å²) in [4.78, 5) is 17.4. The summed E-state index contributed by atoms with van der Waals surface area (Å²) in [6.45, 7) is 7.72. The van der Waals surface area contributed by atoms with E-state index < -0.39 is 10.0 Å². The van der Waals surface area contributed by atoms with E-state index >= 15 is 0 Å². The number of benzene rings is 2. The van der Waals surface area contributed by atoms with Crippen LogP contribution in [0, 0.1) is 6.92 Å². The highest BCUT2D eigenvalue weighted by molar-refractivity contribution is 7.89. The lowest BCUT2D eigenvalue weighted by Gasteiger charge is -2.36. The SMILES string of the molecule is Cc1cccc(N2CCN(CCCNC(=O)c3ccc(S(=O)(=O)N(C)C)cc3)CC2)c1. The van der Waals surface area contributed by atoms with Crippen LogP contribution in [0.5, 0.6) is 0 Å². The molecule has 8 heteroatoms. The minimum atomic E-state index is -3.48. The van der Waals surface area contributed by atoms with Crippen molar-refractivity contribution in [3.05, 3.63) is 59.7 Å². The van der Waals surface area contributed by atoms with Crippen LogP contribution in [-0.4, -0.2) is 76.9 Å². The Morgan fingerprint density at radius 3 is 2.32 bits per heavy atom. The van der Waals surface area contributed by atoms with Crippen molar-refractivity contribution in [3.8, 4) is 0 Å². The van der Waals surface area contributed by atoms with Gasteiger partial charge in [0.15, 0.2) is 0 Å². The lowest BCUT2D eigenvalue weighted by molar-refractivity contribution is 0.0951. The number of nitrogens with zero attached hydrogens (tertiary/aromatic N) is 3. The number of aryl methyl sites for hydroxylation is 1. The average molecular weight is 445 g/mol. The Labute approximate surface area is 185 Å². The van der Waals surface area contributed by atoms with Crippen LogP contribution in [0.3, 0.4) is 0 Å². The van der Waals surface area contributed by atoms with Gasteiger partial charge in [-0.15, -0.1) is 0 Å². The molecule has 1 amide bonds. The van der Waals surface area contributed by atoms with Crippen LogP contribution < -0.4 is 10.2 Å². The number of hydrogen-bond donors (Lipinski definition) is 1. The van der Waals surface area contributed by atoms with Crippen LogP contribution in [-0.2, 0) is 10.0 Å². The van der Waals surface area contributed by atoms with Crippen LogP contribution in [0.2, 0.25) is 0 Å². The van der Waals surface area contributed by atoms with Gasteiger partial charge in [0.2, 0.25) is 10.0 Å². The number of nitrogens with one attached hydrogen (secondary N) is 1. The molecule has 168 valence electrons. The molecular formula is C23H32N4O3S. The van der Waals surface area contributed by atoms with Crippen molar-refractivity contribution < 1.29 is 13.2 Å². The first-order valence-corrected chi connectivity index (χ1v) is 12.1. The molecule has 1 heterocycles. The first-order chi connectivity index (χ1) is 14.8. The molecule has 0 aliphatic carbocycles. The van der Waals surface area contributed by atoms with Crippen molar-refractivity contribution in [2.24, 2.45) is 0 Å². The second-order valence-electron chi connectivity index (χ2n) is 8.09. The fraction of sp³-hybridized carbons (Fsp3) is 0.435. The van der Waals surface area contributed by atoms with Gasteiger partial charge in [-0.25, -0.2) is 12.7 Å². The fourth-order valence-corrected chi connectivity index (χ4v) is 4.55. The van der Waals surface area contributed by atoms with Crippen LogP contribution in [0.1, 0.15) is 22.3 Å². The van der Waals surface area contributed by atoms with Gasteiger partial charge in [-0.05, 0) is 61.9 Å². The summed E-state index contributed by atoms with van der Waals surface area (Å²) in [6.07, 6.45) is 0.878. The summed E-state index contributed by atoms with van der Waals surface area (Å²) in [5.74, 6) is -0.182. The molecule has 1 aliphatic rings. The van der Waals surface area contributed by atoms with Crippen molar-refractivity contribution in [2.75, 3.05) is 58.3 Å². The van der Waals surface area contributed by atoms with E-state index in [1.807, 2.05) is 0 Å². The standard InChI is InChI=1S/C23H32N4O3S/c1-19-6-4-7-21(18-19)27-16-14-26(15-17-27)13-5-12-24-23(28)20-8-10-22(11-9-20)31(29,30)25(2)3/h4,6-11,18H,5,12-17H2,1-3H3,(H,24,28). The smallest absolute Gasteiger partial charge is 0.251 e. The minimum Gasteiger partial charge on any atom is -0.369 e. The molecule has 2 aromatic carbocycles. The maximum atomic E-state index is 12.3. The highest BCUT2D eigenvalue weighted by Crippen LogP contribution is 2.18. The molecule has 31 heavy (non-hydrogen) atoms. The lowest BCUT2D eigenvalue weighted by Crippen LogP contribution is -2.47. The van der Waals surface area contributed by atoms with E-state index in [0.717, 1.165) is 43.4 Å². The highest BCUT2D eigenvalue weighted by atomic mass is 32.2. The molecule has 0 saturated carbocycles. The molecule has 0 atom stereocenters. The van der Waals surface area contributed by atoms with E-state index in [2.05, 4.69) is 46.3 Å². The number of amides is 1. The molecule has 1 aliphatic heterocycles. The molecule has 0 radical (unpaired) electrons. The second kappa shape index (κ2) is 10.3. The van der Waals surface area contributed by atoms with Gasteiger partial charge in [-0.3, -0.25) is 9.69 Å². The second-order valence-corrected chi connectivity index (χ2v) is 10.2. The summed E-state index contributed by atoms with van der Waals surface area (Å²) >= 11 is 0. The lowest BCUT2D eigenvalue weighted by atomic mass is 10.2. The summed E-state index contributed by atoms with van der Waals surface area (Å²) in [5.41, 5.74) is 3.03. The maximum absolute atomic E-state index is 12.3. The zero-order valence-corrected chi connectivity index (χ0v) is 19.4. The van der Waals surface area contributed by atoms with E-state index in [0.29, 0.717) is 12.1 Å². The quantitative estimate of drug-likeness (QED) is 0.632. The predicted molar refractivity (Wildman–Crippen MR) is 124 cm³/mol. The molecule has 0 aromatic heterocycles. The van der Waals surface area contributed by atoms with Gasteiger partial charge in [0.25, 0.3) is 5.91 Å².